The van der Waals surface area contributed by atoms with Crippen molar-refractivity contribution in [2.24, 2.45) is 0 Å². The number of hydrogen-bond acceptors (Lipinski definition) is 3. The van der Waals surface area contributed by atoms with Gasteiger partial charge in [0.2, 0.25) is 0 Å². The second-order valence-electron chi connectivity index (χ2n) is 9.29. The smallest absolute Gasteiger partial charge is 0.407 e. The van der Waals surface area contributed by atoms with Gasteiger partial charge in [-0.2, -0.15) is 0 Å². The molecule has 5 nitrogen and oxygen atoms in total. The van der Waals surface area contributed by atoms with Gasteiger partial charge in [0.15, 0.2) is 0 Å². The quantitative estimate of drug-likeness (QED) is 0.429. The molecule has 0 aliphatic carbocycles. The van der Waals surface area contributed by atoms with Crippen LogP contribution in [0.5, 0.6) is 0 Å². The Bertz CT molecular complexity index is 1130. The maximum Gasteiger partial charge on any atom is 0.407 e. The summed E-state index contributed by atoms with van der Waals surface area (Å²) in [5, 5.41) is 9.68. The van der Waals surface area contributed by atoms with Crippen LogP contribution in [0.2, 0.25) is 0 Å². The van der Waals surface area contributed by atoms with Crippen molar-refractivity contribution in [1.82, 2.24) is 9.88 Å². The van der Waals surface area contributed by atoms with Crippen molar-refractivity contribution in [2.45, 2.75) is 44.9 Å². The number of aromatic nitrogens is 1. The van der Waals surface area contributed by atoms with E-state index in [1.54, 1.807) is 18.2 Å². The fourth-order valence-electron chi connectivity index (χ4n) is 5.44. The molecule has 5 heteroatoms. The first-order valence-corrected chi connectivity index (χ1v) is 12.1. The zero-order chi connectivity index (χ0) is 24.1. The number of hydrogen-bond donors (Lipinski definition) is 1. The molecule has 1 aliphatic heterocycles. The van der Waals surface area contributed by atoms with Gasteiger partial charge in [-0.15, -0.1) is 0 Å². The molecule has 2 aromatic carbocycles. The monoisotopic (exact) mass is 458 g/mol. The van der Waals surface area contributed by atoms with Gasteiger partial charge in [-0.25, -0.2) is 4.79 Å². The molecular weight excluding hydrogens is 424 g/mol. The largest absolute Gasteiger partial charge is 0.465 e. The predicted octanol–water partition coefficient (Wildman–Crippen LogP) is 6.20. The Hall–Kier alpha value is -3.18. The number of nitrogens with zero attached hydrogens (tertiary/aromatic N) is 2. The molecule has 1 amide bonds. The van der Waals surface area contributed by atoms with Crippen LogP contribution in [0, 0.1) is 13.8 Å². The SMILES string of the molecule is COCCCc1cccc(C)c1-c1ccc(C2CN(C(=O)O)CCC2c2cccnc2)c(C)c1. The number of piperidine rings is 1. The summed E-state index contributed by atoms with van der Waals surface area (Å²) in [6.07, 6.45) is 5.64. The van der Waals surface area contributed by atoms with E-state index in [4.69, 9.17) is 4.74 Å². The number of benzene rings is 2. The van der Waals surface area contributed by atoms with Crippen molar-refractivity contribution in [2.75, 3.05) is 26.8 Å². The molecule has 1 aliphatic rings. The number of likely N-dealkylation sites (tertiary alicyclic amines) is 1. The average molecular weight is 459 g/mol. The minimum absolute atomic E-state index is 0.0983. The third-order valence-electron chi connectivity index (χ3n) is 7.11. The number of amides is 1. The van der Waals surface area contributed by atoms with Gasteiger partial charge in [-0.1, -0.05) is 42.5 Å². The molecule has 178 valence electrons. The highest BCUT2D eigenvalue weighted by molar-refractivity contribution is 5.72. The first-order chi connectivity index (χ1) is 16.5. The Kier molecular flexibility index (Phi) is 7.63. The van der Waals surface area contributed by atoms with Gasteiger partial charge in [0.1, 0.15) is 0 Å². The molecule has 0 spiro atoms. The van der Waals surface area contributed by atoms with Crippen molar-refractivity contribution in [1.29, 1.82) is 0 Å². The first-order valence-electron chi connectivity index (χ1n) is 12.1. The third-order valence-corrected chi connectivity index (χ3v) is 7.11. The maximum atomic E-state index is 11.8. The van der Waals surface area contributed by atoms with Crippen molar-refractivity contribution in [3.8, 4) is 11.1 Å². The van der Waals surface area contributed by atoms with Gasteiger partial charge in [-0.05, 0) is 84.0 Å². The Labute approximate surface area is 202 Å². The van der Waals surface area contributed by atoms with Crippen LogP contribution in [-0.2, 0) is 11.2 Å². The van der Waals surface area contributed by atoms with Crippen LogP contribution >= 0.6 is 0 Å². The van der Waals surface area contributed by atoms with E-state index >= 15 is 0 Å². The van der Waals surface area contributed by atoms with Gasteiger partial charge in [0.25, 0.3) is 0 Å². The zero-order valence-corrected chi connectivity index (χ0v) is 20.3. The highest BCUT2D eigenvalue weighted by atomic mass is 16.5. The second kappa shape index (κ2) is 10.8. The van der Waals surface area contributed by atoms with Crippen molar-refractivity contribution >= 4 is 6.09 Å². The Morgan fingerprint density at radius 2 is 1.97 bits per heavy atom. The molecule has 1 fully saturated rings. The first kappa shape index (κ1) is 24.0. The van der Waals surface area contributed by atoms with E-state index < -0.39 is 6.09 Å². The lowest BCUT2D eigenvalue weighted by Gasteiger charge is -2.38. The molecule has 2 heterocycles. The van der Waals surface area contributed by atoms with E-state index in [-0.39, 0.29) is 11.8 Å². The topological polar surface area (TPSA) is 62.7 Å². The number of carbonyl (C=O) groups is 1. The second-order valence-corrected chi connectivity index (χ2v) is 9.29. The van der Waals surface area contributed by atoms with E-state index in [1.807, 2.05) is 12.3 Å². The summed E-state index contributed by atoms with van der Waals surface area (Å²) in [5.41, 5.74) is 8.73. The van der Waals surface area contributed by atoms with Crippen molar-refractivity contribution in [3.63, 3.8) is 0 Å². The molecule has 0 bridgehead atoms. The van der Waals surface area contributed by atoms with Crippen molar-refractivity contribution < 1.29 is 14.6 Å². The van der Waals surface area contributed by atoms with E-state index in [0.29, 0.717) is 13.1 Å². The van der Waals surface area contributed by atoms with Crippen LogP contribution in [-0.4, -0.2) is 47.9 Å². The number of pyridine rings is 1. The van der Waals surface area contributed by atoms with Crippen LogP contribution in [0.15, 0.2) is 60.9 Å². The summed E-state index contributed by atoms with van der Waals surface area (Å²) in [4.78, 5) is 17.7. The number of carboxylic acid groups (broad SMARTS) is 1. The molecule has 1 N–H and O–H groups in total. The van der Waals surface area contributed by atoms with E-state index in [1.165, 1.54) is 38.9 Å². The maximum absolute atomic E-state index is 11.8. The Morgan fingerprint density at radius 3 is 2.68 bits per heavy atom. The molecule has 1 saturated heterocycles. The Morgan fingerprint density at radius 1 is 1.12 bits per heavy atom. The molecule has 3 aromatic rings. The molecule has 4 rings (SSSR count). The van der Waals surface area contributed by atoms with Gasteiger partial charge >= 0.3 is 6.09 Å². The Balaban J connectivity index is 1.70. The van der Waals surface area contributed by atoms with Gasteiger partial charge in [-0.3, -0.25) is 4.98 Å². The fraction of sp³-hybridized carbons (Fsp3) is 0.379. The summed E-state index contributed by atoms with van der Waals surface area (Å²) in [6, 6.07) is 17.3. The van der Waals surface area contributed by atoms with Crippen LogP contribution in [0.1, 0.15) is 52.5 Å². The number of ether oxygens (including phenoxy) is 1. The van der Waals surface area contributed by atoms with Crippen LogP contribution in [0.3, 0.4) is 0 Å². The lowest BCUT2D eigenvalue weighted by Crippen LogP contribution is -2.41. The highest BCUT2D eigenvalue weighted by Crippen LogP contribution is 2.42. The normalized spacial score (nSPS) is 18.1. The predicted molar refractivity (Wildman–Crippen MR) is 135 cm³/mol. The summed E-state index contributed by atoms with van der Waals surface area (Å²) < 4.78 is 5.26. The molecule has 2 atom stereocenters. The van der Waals surface area contributed by atoms with E-state index in [9.17, 15) is 9.90 Å². The van der Waals surface area contributed by atoms with E-state index in [2.05, 4.69) is 61.3 Å². The summed E-state index contributed by atoms with van der Waals surface area (Å²) in [7, 11) is 1.74. The van der Waals surface area contributed by atoms with Gasteiger partial charge < -0.3 is 14.7 Å². The molecule has 0 saturated carbocycles. The standard InChI is InChI=1S/C29H34N2O3/c1-20-7-4-8-22(10-6-16-34-3)28(20)23-11-12-25(21(2)17-23)27-19-31(29(32)33)15-13-26(27)24-9-5-14-30-18-24/h4-5,7-9,11-12,14,17-18,26-27H,6,10,13,15-16,19H2,1-3H3,(H,32,33). The van der Waals surface area contributed by atoms with Crippen LogP contribution in [0.4, 0.5) is 4.79 Å². The molecule has 0 radical (unpaired) electrons. The van der Waals surface area contributed by atoms with Crippen LogP contribution in [0.25, 0.3) is 11.1 Å². The average Bonchev–Trinajstić information content (AvgIpc) is 2.84. The summed E-state index contributed by atoms with van der Waals surface area (Å²) >= 11 is 0. The summed E-state index contributed by atoms with van der Waals surface area (Å²) in [6.45, 7) is 6.13. The minimum atomic E-state index is -0.843. The fourth-order valence-corrected chi connectivity index (χ4v) is 5.44. The lowest BCUT2D eigenvalue weighted by atomic mass is 9.75. The van der Waals surface area contributed by atoms with Gasteiger partial charge in [0.05, 0.1) is 0 Å². The molecule has 1 aromatic heterocycles. The third kappa shape index (κ3) is 5.15. The molecule has 2 unspecified atom stereocenters. The van der Waals surface area contributed by atoms with Crippen molar-refractivity contribution in [3.05, 3.63) is 88.7 Å². The number of methoxy groups -OCH3 is 1. The summed E-state index contributed by atoms with van der Waals surface area (Å²) in [5.74, 6) is 0.345. The minimum Gasteiger partial charge on any atom is -0.465 e. The highest BCUT2D eigenvalue weighted by Gasteiger charge is 2.34. The molecular formula is C29H34N2O3. The number of aryl methyl sites for hydroxylation is 3. The lowest BCUT2D eigenvalue weighted by molar-refractivity contribution is 0.125. The van der Waals surface area contributed by atoms with E-state index in [0.717, 1.165) is 25.9 Å². The van der Waals surface area contributed by atoms with Crippen LogP contribution < -0.4 is 0 Å². The zero-order valence-electron chi connectivity index (χ0n) is 20.3. The van der Waals surface area contributed by atoms with Gasteiger partial charge in [0, 0.05) is 45.1 Å². The number of rotatable bonds is 7. The molecule has 34 heavy (non-hydrogen) atoms.